The number of rotatable bonds is 2. The molecule has 15 heavy (non-hydrogen) atoms. The van der Waals surface area contributed by atoms with Crippen molar-refractivity contribution in [1.29, 1.82) is 0 Å². The number of hydrogen-bond donors (Lipinski definition) is 1. The fourth-order valence-corrected chi connectivity index (χ4v) is 1.47. The van der Waals surface area contributed by atoms with Crippen LogP contribution in [-0.4, -0.2) is 30.8 Å². The highest BCUT2D eigenvalue weighted by molar-refractivity contribution is 5.67. The quantitative estimate of drug-likeness (QED) is 0.790. The summed E-state index contributed by atoms with van der Waals surface area (Å²) in [7, 11) is 0. The lowest BCUT2D eigenvalue weighted by Gasteiger charge is -2.14. The molecule has 0 spiro atoms. The standard InChI is InChI=1S/C11H14N2O2/c14-11(13-7-6-12-9-13)15-8-10-4-2-1-3-5-10/h1-5,12H,6-9H2. The summed E-state index contributed by atoms with van der Waals surface area (Å²) in [4.78, 5) is 13.1. The van der Waals surface area contributed by atoms with E-state index in [2.05, 4.69) is 5.32 Å². The van der Waals surface area contributed by atoms with Crippen LogP contribution in [0.2, 0.25) is 0 Å². The van der Waals surface area contributed by atoms with E-state index in [1.807, 2.05) is 30.3 Å². The fraction of sp³-hybridized carbons (Fsp3) is 0.364. The lowest BCUT2D eigenvalue weighted by atomic mass is 10.2. The molecule has 1 saturated heterocycles. The number of hydrogen-bond acceptors (Lipinski definition) is 3. The number of nitrogens with zero attached hydrogens (tertiary/aromatic N) is 1. The normalized spacial score (nSPS) is 15.3. The maximum Gasteiger partial charge on any atom is 0.411 e. The predicted octanol–water partition coefficient (Wildman–Crippen LogP) is 1.19. The van der Waals surface area contributed by atoms with E-state index in [-0.39, 0.29) is 6.09 Å². The van der Waals surface area contributed by atoms with Crippen LogP contribution in [-0.2, 0) is 11.3 Å². The summed E-state index contributed by atoms with van der Waals surface area (Å²) in [5.41, 5.74) is 1.01. The topological polar surface area (TPSA) is 41.6 Å². The van der Waals surface area contributed by atoms with Crippen molar-refractivity contribution in [3.05, 3.63) is 35.9 Å². The van der Waals surface area contributed by atoms with Crippen LogP contribution in [0.25, 0.3) is 0 Å². The molecule has 0 aromatic heterocycles. The molecule has 4 heteroatoms. The predicted molar refractivity (Wildman–Crippen MR) is 56.2 cm³/mol. The average Bonchev–Trinajstić information content (AvgIpc) is 2.81. The summed E-state index contributed by atoms with van der Waals surface area (Å²) in [6.45, 7) is 2.51. The molecule has 1 aromatic carbocycles. The molecule has 1 heterocycles. The Morgan fingerprint density at radius 2 is 2.20 bits per heavy atom. The second-order valence-corrected chi connectivity index (χ2v) is 3.46. The number of carbonyl (C=O) groups is 1. The van der Waals surface area contributed by atoms with Crippen LogP contribution in [0.5, 0.6) is 0 Å². The van der Waals surface area contributed by atoms with Gasteiger partial charge in [-0.15, -0.1) is 0 Å². The molecule has 0 aliphatic carbocycles. The van der Waals surface area contributed by atoms with Gasteiger partial charge in [0.25, 0.3) is 0 Å². The minimum absolute atomic E-state index is 0.246. The van der Waals surface area contributed by atoms with Crippen molar-refractivity contribution in [3.8, 4) is 0 Å². The molecule has 1 amide bonds. The van der Waals surface area contributed by atoms with Gasteiger partial charge in [0.2, 0.25) is 0 Å². The number of benzene rings is 1. The van der Waals surface area contributed by atoms with Gasteiger partial charge in [-0.3, -0.25) is 10.2 Å². The molecule has 4 nitrogen and oxygen atoms in total. The van der Waals surface area contributed by atoms with Crippen LogP contribution in [0.3, 0.4) is 0 Å². The second kappa shape index (κ2) is 4.79. The number of amides is 1. The summed E-state index contributed by atoms with van der Waals surface area (Å²) < 4.78 is 5.16. The van der Waals surface area contributed by atoms with Crippen LogP contribution in [0.4, 0.5) is 4.79 Å². The van der Waals surface area contributed by atoms with Crippen LogP contribution in [0.15, 0.2) is 30.3 Å². The van der Waals surface area contributed by atoms with Crippen LogP contribution >= 0.6 is 0 Å². The number of ether oxygens (including phenoxy) is 1. The lowest BCUT2D eigenvalue weighted by molar-refractivity contribution is 0.104. The zero-order valence-corrected chi connectivity index (χ0v) is 8.48. The number of nitrogens with one attached hydrogen (secondary N) is 1. The van der Waals surface area contributed by atoms with Gasteiger partial charge in [0.05, 0.1) is 6.67 Å². The van der Waals surface area contributed by atoms with Crippen molar-refractivity contribution < 1.29 is 9.53 Å². The molecule has 0 atom stereocenters. The highest BCUT2D eigenvalue weighted by Gasteiger charge is 2.18. The van der Waals surface area contributed by atoms with E-state index in [0.717, 1.165) is 18.7 Å². The molecule has 0 radical (unpaired) electrons. The van der Waals surface area contributed by atoms with Gasteiger partial charge < -0.3 is 4.74 Å². The average molecular weight is 206 g/mol. The second-order valence-electron chi connectivity index (χ2n) is 3.46. The van der Waals surface area contributed by atoms with E-state index in [1.54, 1.807) is 4.90 Å². The SMILES string of the molecule is O=C(OCc1ccccc1)N1CCNC1. The Balaban J connectivity index is 1.80. The summed E-state index contributed by atoms with van der Waals surface area (Å²) >= 11 is 0. The third-order valence-electron chi connectivity index (χ3n) is 2.32. The van der Waals surface area contributed by atoms with E-state index in [4.69, 9.17) is 4.74 Å². The molecule has 1 aliphatic rings. The molecular weight excluding hydrogens is 192 g/mol. The van der Waals surface area contributed by atoms with Gasteiger partial charge in [0.1, 0.15) is 6.61 Å². The largest absolute Gasteiger partial charge is 0.445 e. The first-order valence-corrected chi connectivity index (χ1v) is 5.02. The third-order valence-corrected chi connectivity index (χ3v) is 2.32. The van der Waals surface area contributed by atoms with Gasteiger partial charge in [-0.25, -0.2) is 4.79 Å². The first-order valence-electron chi connectivity index (χ1n) is 5.02. The van der Waals surface area contributed by atoms with Crippen molar-refractivity contribution in [2.45, 2.75) is 6.61 Å². The van der Waals surface area contributed by atoms with Gasteiger partial charge in [-0.2, -0.15) is 0 Å². The minimum atomic E-state index is -0.246. The van der Waals surface area contributed by atoms with Crippen molar-refractivity contribution in [3.63, 3.8) is 0 Å². The molecule has 1 aliphatic heterocycles. The maximum absolute atomic E-state index is 11.5. The van der Waals surface area contributed by atoms with Crippen LogP contribution in [0.1, 0.15) is 5.56 Å². The minimum Gasteiger partial charge on any atom is -0.445 e. The van der Waals surface area contributed by atoms with Crippen LogP contribution in [0, 0.1) is 0 Å². The number of carbonyl (C=O) groups excluding carboxylic acids is 1. The molecule has 0 bridgehead atoms. The smallest absolute Gasteiger partial charge is 0.411 e. The Morgan fingerprint density at radius 3 is 2.87 bits per heavy atom. The van der Waals surface area contributed by atoms with Crippen molar-refractivity contribution >= 4 is 6.09 Å². The Bertz CT molecular complexity index is 321. The van der Waals surface area contributed by atoms with E-state index >= 15 is 0 Å². The van der Waals surface area contributed by atoms with Crippen molar-refractivity contribution in [2.24, 2.45) is 0 Å². The van der Waals surface area contributed by atoms with E-state index in [0.29, 0.717) is 13.3 Å². The van der Waals surface area contributed by atoms with E-state index in [1.165, 1.54) is 0 Å². The third kappa shape index (κ3) is 2.70. The maximum atomic E-state index is 11.5. The van der Waals surface area contributed by atoms with Gasteiger partial charge in [-0.05, 0) is 5.56 Å². The molecular formula is C11H14N2O2. The lowest BCUT2D eigenvalue weighted by Crippen LogP contribution is -2.30. The highest BCUT2D eigenvalue weighted by Crippen LogP contribution is 2.03. The summed E-state index contributed by atoms with van der Waals surface area (Å²) in [5.74, 6) is 0. The Kier molecular flexibility index (Phi) is 3.19. The van der Waals surface area contributed by atoms with Gasteiger partial charge >= 0.3 is 6.09 Å². The van der Waals surface area contributed by atoms with Crippen molar-refractivity contribution in [2.75, 3.05) is 19.8 Å². The van der Waals surface area contributed by atoms with Crippen LogP contribution < -0.4 is 5.32 Å². The highest BCUT2D eigenvalue weighted by atomic mass is 16.6. The summed E-state index contributed by atoms with van der Waals surface area (Å²) in [5, 5.41) is 3.08. The Hall–Kier alpha value is -1.55. The Labute approximate surface area is 88.8 Å². The van der Waals surface area contributed by atoms with Gasteiger partial charge in [0.15, 0.2) is 0 Å². The zero-order chi connectivity index (χ0) is 10.5. The molecule has 80 valence electrons. The molecule has 1 fully saturated rings. The first kappa shape index (κ1) is 9.98. The van der Waals surface area contributed by atoms with Crippen molar-refractivity contribution in [1.82, 2.24) is 10.2 Å². The Morgan fingerprint density at radius 1 is 1.40 bits per heavy atom. The first-order chi connectivity index (χ1) is 7.36. The molecule has 2 rings (SSSR count). The summed E-state index contributed by atoms with van der Waals surface area (Å²) in [6, 6.07) is 9.68. The van der Waals surface area contributed by atoms with E-state index < -0.39 is 0 Å². The summed E-state index contributed by atoms with van der Waals surface area (Å²) in [6.07, 6.45) is -0.246. The molecule has 1 aromatic rings. The van der Waals surface area contributed by atoms with Gasteiger partial charge in [-0.1, -0.05) is 30.3 Å². The molecule has 0 unspecified atom stereocenters. The monoisotopic (exact) mass is 206 g/mol. The molecule has 0 saturated carbocycles. The fourth-order valence-electron chi connectivity index (χ4n) is 1.47. The zero-order valence-electron chi connectivity index (χ0n) is 8.48. The molecule has 1 N–H and O–H groups in total. The van der Waals surface area contributed by atoms with E-state index in [9.17, 15) is 4.79 Å². The van der Waals surface area contributed by atoms with Gasteiger partial charge in [0, 0.05) is 13.1 Å².